The van der Waals surface area contributed by atoms with Crippen molar-refractivity contribution >= 4 is 0 Å². The Morgan fingerprint density at radius 3 is 2.53 bits per heavy atom. The van der Waals surface area contributed by atoms with E-state index in [1.807, 2.05) is 6.92 Å². The molecule has 3 heteroatoms. The summed E-state index contributed by atoms with van der Waals surface area (Å²) in [5, 5.41) is 18.4. The summed E-state index contributed by atoms with van der Waals surface area (Å²) in [5.41, 5.74) is 0. The molecule has 1 aliphatic carbocycles. The molecule has 0 spiro atoms. The second kappa shape index (κ2) is 8.18. The van der Waals surface area contributed by atoms with E-state index in [-0.39, 0.29) is 11.8 Å². The Labute approximate surface area is 118 Å². The minimum absolute atomic E-state index is 0.0471. The molecule has 0 N–H and O–H groups in total. The molecule has 1 fully saturated rings. The molecular formula is C16H27N3. The quantitative estimate of drug-likeness (QED) is 0.734. The highest BCUT2D eigenvalue weighted by Gasteiger charge is 2.33. The van der Waals surface area contributed by atoms with Crippen LogP contribution in [0.3, 0.4) is 0 Å². The summed E-state index contributed by atoms with van der Waals surface area (Å²) in [6, 6.07) is 5.17. The topological polar surface area (TPSA) is 50.8 Å². The van der Waals surface area contributed by atoms with Gasteiger partial charge in [0.2, 0.25) is 0 Å². The zero-order valence-electron chi connectivity index (χ0n) is 12.6. The Morgan fingerprint density at radius 2 is 2.00 bits per heavy atom. The first-order valence-corrected chi connectivity index (χ1v) is 7.69. The molecule has 19 heavy (non-hydrogen) atoms. The number of hydrogen-bond donors (Lipinski definition) is 0. The fourth-order valence-electron chi connectivity index (χ4n) is 3.35. The van der Waals surface area contributed by atoms with E-state index < -0.39 is 0 Å². The third-order valence-electron chi connectivity index (χ3n) is 4.39. The highest BCUT2D eigenvalue weighted by Crippen LogP contribution is 2.34. The van der Waals surface area contributed by atoms with Crippen LogP contribution in [0.5, 0.6) is 0 Å². The van der Waals surface area contributed by atoms with E-state index >= 15 is 0 Å². The van der Waals surface area contributed by atoms with Crippen LogP contribution in [0.15, 0.2) is 0 Å². The average Bonchev–Trinajstić information content (AvgIpc) is 2.44. The Hall–Kier alpha value is -1.06. The third-order valence-corrected chi connectivity index (χ3v) is 4.39. The summed E-state index contributed by atoms with van der Waals surface area (Å²) in [6.07, 6.45) is 5.88. The highest BCUT2D eigenvalue weighted by molar-refractivity contribution is 4.98. The maximum Gasteiger partial charge on any atom is 0.0672 e. The number of nitrogens with zero attached hydrogens (tertiary/aromatic N) is 3. The Balaban J connectivity index is 2.72. The van der Waals surface area contributed by atoms with Crippen molar-refractivity contribution < 1.29 is 0 Å². The van der Waals surface area contributed by atoms with Crippen LogP contribution in [0.2, 0.25) is 0 Å². The SMILES string of the molecule is CCCC1CCC(C#N)C(N(CC)CC(C)C#N)C1. The van der Waals surface area contributed by atoms with Gasteiger partial charge in [0, 0.05) is 12.6 Å². The lowest BCUT2D eigenvalue weighted by Gasteiger charge is -2.40. The van der Waals surface area contributed by atoms with Gasteiger partial charge in [-0.05, 0) is 38.6 Å². The molecule has 0 heterocycles. The molecule has 1 aliphatic rings. The standard InChI is InChI=1S/C16H27N3/c1-4-6-14-7-8-15(11-18)16(9-14)19(5-2)12-13(3)10-17/h13-16H,4-9,12H2,1-3H3. The van der Waals surface area contributed by atoms with Gasteiger partial charge in [-0.25, -0.2) is 0 Å². The van der Waals surface area contributed by atoms with Gasteiger partial charge < -0.3 is 0 Å². The van der Waals surface area contributed by atoms with E-state index in [2.05, 4.69) is 30.9 Å². The molecule has 3 nitrogen and oxygen atoms in total. The molecular weight excluding hydrogens is 234 g/mol. The first-order valence-electron chi connectivity index (χ1n) is 7.69. The van der Waals surface area contributed by atoms with Crippen molar-refractivity contribution in [1.82, 2.24) is 4.90 Å². The van der Waals surface area contributed by atoms with Crippen LogP contribution >= 0.6 is 0 Å². The van der Waals surface area contributed by atoms with E-state index in [9.17, 15) is 5.26 Å². The smallest absolute Gasteiger partial charge is 0.0672 e. The van der Waals surface area contributed by atoms with E-state index in [1.165, 1.54) is 19.3 Å². The third kappa shape index (κ3) is 4.51. The zero-order chi connectivity index (χ0) is 14.3. The van der Waals surface area contributed by atoms with Gasteiger partial charge >= 0.3 is 0 Å². The average molecular weight is 261 g/mol. The van der Waals surface area contributed by atoms with E-state index in [0.29, 0.717) is 6.04 Å². The van der Waals surface area contributed by atoms with Gasteiger partial charge in [0.1, 0.15) is 0 Å². The van der Waals surface area contributed by atoms with Crippen LogP contribution in [-0.4, -0.2) is 24.0 Å². The second-order valence-electron chi connectivity index (χ2n) is 5.89. The normalized spacial score (nSPS) is 28.6. The van der Waals surface area contributed by atoms with Crippen LogP contribution < -0.4 is 0 Å². The van der Waals surface area contributed by atoms with Gasteiger partial charge in [-0.15, -0.1) is 0 Å². The fourth-order valence-corrected chi connectivity index (χ4v) is 3.35. The van der Waals surface area contributed by atoms with Crippen molar-refractivity contribution in [1.29, 1.82) is 10.5 Å². The Kier molecular flexibility index (Phi) is 6.89. The second-order valence-corrected chi connectivity index (χ2v) is 5.89. The Bertz CT molecular complexity index is 339. The van der Waals surface area contributed by atoms with Gasteiger partial charge in [0.15, 0.2) is 0 Å². The minimum atomic E-state index is 0.0471. The molecule has 0 aromatic rings. The number of nitriles is 2. The fraction of sp³-hybridized carbons (Fsp3) is 0.875. The van der Waals surface area contributed by atoms with Gasteiger partial charge in [-0.3, -0.25) is 4.90 Å². The molecule has 0 aromatic carbocycles. The summed E-state index contributed by atoms with van der Waals surface area (Å²) in [4.78, 5) is 2.36. The summed E-state index contributed by atoms with van der Waals surface area (Å²) >= 11 is 0. The molecule has 0 saturated heterocycles. The molecule has 1 saturated carbocycles. The maximum absolute atomic E-state index is 9.37. The lowest BCUT2D eigenvalue weighted by molar-refractivity contribution is 0.0958. The molecule has 0 aromatic heterocycles. The van der Waals surface area contributed by atoms with Gasteiger partial charge in [-0.2, -0.15) is 10.5 Å². The molecule has 1 rings (SSSR count). The maximum atomic E-state index is 9.37. The van der Waals surface area contributed by atoms with Gasteiger partial charge in [-0.1, -0.05) is 26.7 Å². The van der Waals surface area contributed by atoms with Crippen LogP contribution in [-0.2, 0) is 0 Å². The molecule has 0 amide bonds. The monoisotopic (exact) mass is 261 g/mol. The van der Waals surface area contributed by atoms with Crippen LogP contribution in [0.25, 0.3) is 0 Å². The van der Waals surface area contributed by atoms with Crippen molar-refractivity contribution in [3.05, 3.63) is 0 Å². The molecule has 4 unspecified atom stereocenters. The van der Waals surface area contributed by atoms with Crippen molar-refractivity contribution in [2.24, 2.45) is 17.8 Å². The molecule has 0 radical (unpaired) electrons. The number of rotatable bonds is 6. The minimum Gasteiger partial charge on any atom is -0.298 e. The summed E-state index contributed by atoms with van der Waals surface area (Å²) < 4.78 is 0. The number of hydrogen-bond acceptors (Lipinski definition) is 3. The van der Waals surface area contributed by atoms with E-state index in [0.717, 1.165) is 31.8 Å². The van der Waals surface area contributed by atoms with Crippen LogP contribution in [0, 0.1) is 40.4 Å². The summed E-state index contributed by atoms with van der Waals surface area (Å²) in [6.45, 7) is 8.08. The zero-order valence-corrected chi connectivity index (χ0v) is 12.6. The predicted octanol–water partition coefficient (Wildman–Crippen LogP) is 3.58. The lowest BCUT2D eigenvalue weighted by Crippen LogP contribution is -2.45. The first-order chi connectivity index (χ1) is 9.15. The molecule has 4 atom stereocenters. The molecule has 0 aliphatic heterocycles. The highest BCUT2D eigenvalue weighted by atomic mass is 15.2. The largest absolute Gasteiger partial charge is 0.298 e. The molecule has 0 bridgehead atoms. The summed E-state index contributed by atoms with van der Waals surface area (Å²) in [5.74, 6) is 0.968. The molecule has 106 valence electrons. The Morgan fingerprint density at radius 1 is 1.26 bits per heavy atom. The van der Waals surface area contributed by atoms with Crippen molar-refractivity contribution in [2.75, 3.05) is 13.1 Å². The first kappa shape index (κ1) is 16.0. The predicted molar refractivity (Wildman–Crippen MR) is 77.2 cm³/mol. The van der Waals surface area contributed by atoms with E-state index in [1.54, 1.807) is 0 Å². The summed E-state index contributed by atoms with van der Waals surface area (Å²) in [7, 11) is 0. The van der Waals surface area contributed by atoms with Crippen LogP contribution in [0.1, 0.15) is 52.9 Å². The van der Waals surface area contributed by atoms with Crippen LogP contribution in [0.4, 0.5) is 0 Å². The van der Waals surface area contributed by atoms with Gasteiger partial charge in [0.25, 0.3) is 0 Å². The van der Waals surface area contributed by atoms with E-state index in [4.69, 9.17) is 5.26 Å². The van der Waals surface area contributed by atoms with Crippen molar-refractivity contribution in [2.45, 2.75) is 58.9 Å². The lowest BCUT2D eigenvalue weighted by atomic mass is 9.76. The van der Waals surface area contributed by atoms with Gasteiger partial charge in [0.05, 0.1) is 24.0 Å². The van der Waals surface area contributed by atoms with Crippen molar-refractivity contribution in [3.63, 3.8) is 0 Å². The van der Waals surface area contributed by atoms with Crippen molar-refractivity contribution in [3.8, 4) is 12.1 Å².